The minimum absolute atomic E-state index is 0.109. The van der Waals surface area contributed by atoms with Gasteiger partial charge in [0.2, 0.25) is 0 Å². The van der Waals surface area contributed by atoms with Gasteiger partial charge in [-0.2, -0.15) is 0 Å². The number of nitrogens with zero attached hydrogens (tertiary/aromatic N) is 2. The Morgan fingerprint density at radius 1 is 1.29 bits per heavy atom. The van der Waals surface area contributed by atoms with Crippen LogP contribution in [0.1, 0.15) is 35.2 Å². The summed E-state index contributed by atoms with van der Waals surface area (Å²) < 4.78 is 0. The highest BCUT2D eigenvalue weighted by Gasteiger charge is 2.36. The minimum Gasteiger partial charge on any atom is -0.398 e. The molecule has 0 bridgehead atoms. The number of amides is 1. The van der Waals surface area contributed by atoms with Crippen molar-refractivity contribution in [2.45, 2.75) is 32.2 Å². The summed E-state index contributed by atoms with van der Waals surface area (Å²) in [6.45, 7) is 4.88. The predicted molar refractivity (Wildman–Crippen MR) is 85.3 cm³/mol. The largest absolute Gasteiger partial charge is 0.398 e. The standard InChI is InChI=1S/C17H25N3O/c1-12-5-3-7-14(18)16(12)17(21)20-10-8-15-13(11-20)6-4-9-19(15)2/h3,5,7,13,15H,4,6,8-11,18H2,1-2H3. The topological polar surface area (TPSA) is 49.6 Å². The maximum atomic E-state index is 12.8. The molecule has 2 aliphatic rings. The Morgan fingerprint density at radius 2 is 2.10 bits per heavy atom. The lowest BCUT2D eigenvalue weighted by Gasteiger charge is -2.46. The fourth-order valence-corrected chi connectivity index (χ4v) is 3.98. The normalized spacial score (nSPS) is 26.5. The molecule has 4 heteroatoms. The molecule has 1 aromatic carbocycles. The smallest absolute Gasteiger partial charge is 0.256 e. The number of carbonyl (C=O) groups is 1. The highest BCUT2D eigenvalue weighted by atomic mass is 16.2. The van der Waals surface area contributed by atoms with Crippen LogP contribution in [0.25, 0.3) is 0 Å². The fourth-order valence-electron chi connectivity index (χ4n) is 3.98. The van der Waals surface area contributed by atoms with Gasteiger partial charge in [0.15, 0.2) is 0 Å². The molecule has 2 fully saturated rings. The molecule has 21 heavy (non-hydrogen) atoms. The van der Waals surface area contributed by atoms with E-state index >= 15 is 0 Å². The van der Waals surface area contributed by atoms with Crippen LogP contribution in [0.5, 0.6) is 0 Å². The van der Waals surface area contributed by atoms with Gasteiger partial charge in [-0.1, -0.05) is 12.1 Å². The molecule has 3 rings (SSSR count). The summed E-state index contributed by atoms with van der Waals surface area (Å²) in [6.07, 6.45) is 3.56. The lowest BCUT2D eigenvalue weighted by Crippen LogP contribution is -2.54. The number of nitrogen functional groups attached to an aromatic ring is 1. The molecule has 0 aromatic heterocycles. The molecule has 4 nitrogen and oxygen atoms in total. The number of aryl methyl sites for hydroxylation is 1. The Hall–Kier alpha value is -1.55. The molecule has 2 aliphatic heterocycles. The first-order valence-electron chi connectivity index (χ1n) is 7.92. The summed E-state index contributed by atoms with van der Waals surface area (Å²) >= 11 is 0. The van der Waals surface area contributed by atoms with Crippen LogP contribution in [-0.4, -0.2) is 48.4 Å². The van der Waals surface area contributed by atoms with E-state index in [0.717, 1.165) is 25.1 Å². The number of carbonyl (C=O) groups excluding carboxylic acids is 1. The number of hydrogen-bond donors (Lipinski definition) is 1. The summed E-state index contributed by atoms with van der Waals surface area (Å²) in [7, 11) is 2.22. The van der Waals surface area contributed by atoms with Crippen LogP contribution < -0.4 is 5.73 Å². The summed E-state index contributed by atoms with van der Waals surface area (Å²) in [5.74, 6) is 0.726. The van der Waals surface area contributed by atoms with Gasteiger partial charge in [-0.15, -0.1) is 0 Å². The van der Waals surface area contributed by atoms with Crippen molar-refractivity contribution in [3.05, 3.63) is 29.3 Å². The summed E-state index contributed by atoms with van der Waals surface area (Å²) in [4.78, 5) is 17.3. The average molecular weight is 287 g/mol. The van der Waals surface area contributed by atoms with E-state index in [1.54, 1.807) is 0 Å². The van der Waals surface area contributed by atoms with E-state index < -0.39 is 0 Å². The Kier molecular flexibility index (Phi) is 3.89. The van der Waals surface area contributed by atoms with Gasteiger partial charge in [0.1, 0.15) is 0 Å². The number of benzene rings is 1. The van der Waals surface area contributed by atoms with Crippen LogP contribution in [0.2, 0.25) is 0 Å². The van der Waals surface area contributed by atoms with Gasteiger partial charge >= 0.3 is 0 Å². The molecule has 0 radical (unpaired) electrons. The molecular formula is C17H25N3O. The zero-order valence-electron chi connectivity index (χ0n) is 13.0. The van der Waals surface area contributed by atoms with Crippen LogP contribution in [0.4, 0.5) is 5.69 Å². The molecule has 2 unspecified atom stereocenters. The number of hydrogen-bond acceptors (Lipinski definition) is 3. The average Bonchev–Trinajstić information content (AvgIpc) is 2.47. The third-order valence-corrected chi connectivity index (χ3v) is 5.15. The SMILES string of the molecule is Cc1cccc(N)c1C(=O)N1CCC2C(CCCN2C)C1. The van der Waals surface area contributed by atoms with Gasteiger partial charge in [-0.25, -0.2) is 0 Å². The van der Waals surface area contributed by atoms with Gasteiger partial charge in [0.25, 0.3) is 5.91 Å². The van der Waals surface area contributed by atoms with E-state index in [1.807, 2.05) is 30.0 Å². The van der Waals surface area contributed by atoms with E-state index in [4.69, 9.17) is 5.73 Å². The van der Waals surface area contributed by atoms with Crippen LogP contribution in [0, 0.1) is 12.8 Å². The first-order valence-corrected chi connectivity index (χ1v) is 7.92. The second-order valence-electron chi connectivity index (χ2n) is 6.53. The molecule has 0 aliphatic carbocycles. The maximum absolute atomic E-state index is 12.8. The molecule has 0 spiro atoms. The molecule has 1 amide bonds. The van der Waals surface area contributed by atoms with Crippen LogP contribution in [0.15, 0.2) is 18.2 Å². The minimum atomic E-state index is 0.109. The van der Waals surface area contributed by atoms with E-state index in [9.17, 15) is 4.79 Å². The molecule has 1 aromatic rings. The zero-order valence-corrected chi connectivity index (χ0v) is 13.0. The summed E-state index contributed by atoms with van der Waals surface area (Å²) in [5.41, 5.74) is 8.30. The van der Waals surface area contributed by atoms with Crippen molar-refractivity contribution in [2.24, 2.45) is 5.92 Å². The number of fused-ring (bicyclic) bond motifs is 1. The molecule has 2 atom stereocenters. The highest BCUT2D eigenvalue weighted by molar-refractivity contribution is 6.00. The number of piperidine rings is 2. The van der Waals surface area contributed by atoms with E-state index in [2.05, 4.69) is 11.9 Å². The second-order valence-corrected chi connectivity index (χ2v) is 6.53. The van der Waals surface area contributed by atoms with Gasteiger partial charge in [-0.05, 0) is 57.3 Å². The van der Waals surface area contributed by atoms with Crippen LogP contribution in [0.3, 0.4) is 0 Å². The van der Waals surface area contributed by atoms with Gasteiger partial charge < -0.3 is 15.5 Å². The Morgan fingerprint density at radius 3 is 2.86 bits per heavy atom. The number of rotatable bonds is 1. The van der Waals surface area contributed by atoms with E-state index in [1.165, 1.54) is 19.4 Å². The summed E-state index contributed by atoms with van der Waals surface area (Å²) in [5, 5.41) is 0. The van der Waals surface area contributed by atoms with Crippen molar-refractivity contribution in [1.29, 1.82) is 0 Å². The zero-order chi connectivity index (χ0) is 15.0. The van der Waals surface area contributed by atoms with E-state index in [0.29, 0.717) is 23.2 Å². The molecule has 114 valence electrons. The van der Waals surface area contributed by atoms with E-state index in [-0.39, 0.29) is 5.91 Å². The lowest BCUT2D eigenvalue weighted by atomic mass is 9.84. The third kappa shape index (κ3) is 2.64. The van der Waals surface area contributed by atoms with Crippen molar-refractivity contribution in [2.75, 3.05) is 32.4 Å². The monoisotopic (exact) mass is 287 g/mol. The first-order chi connectivity index (χ1) is 10.1. The Balaban J connectivity index is 1.78. The van der Waals surface area contributed by atoms with Gasteiger partial charge in [0, 0.05) is 24.8 Å². The molecule has 2 N–H and O–H groups in total. The molecule has 2 saturated heterocycles. The molecular weight excluding hydrogens is 262 g/mol. The number of anilines is 1. The molecule has 2 heterocycles. The number of nitrogens with two attached hydrogens (primary N) is 1. The van der Waals surface area contributed by atoms with Crippen molar-refractivity contribution >= 4 is 11.6 Å². The fraction of sp³-hybridized carbons (Fsp3) is 0.588. The number of likely N-dealkylation sites (tertiary alicyclic amines) is 2. The van der Waals surface area contributed by atoms with Crippen LogP contribution in [-0.2, 0) is 0 Å². The maximum Gasteiger partial charge on any atom is 0.256 e. The van der Waals surface area contributed by atoms with Gasteiger partial charge in [-0.3, -0.25) is 4.79 Å². The molecule has 0 saturated carbocycles. The lowest BCUT2D eigenvalue weighted by molar-refractivity contribution is 0.0317. The van der Waals surface area contributed by atoms with Crippen molar-refractivity contribution in [3.8, 4) is 0 Å². The first kappa shape index (κ1) is 14.4. The predicted octanol–water partition coefficient (Wildman–Crippen LogP) is 2.13. The second kappa shape index (κ2) is 5.68. The Labute approximate surface area is 126 Å². The van der Waals surface area contributed by atoms with Crippen molar-refractivity contribution in [3.63, 3.8) is 0 Å². The highest BCUT2D eigenvalue weighted by Crippen LogP contribution is 2.31. The Bertz CT molecular complexity index is 523. The van der Waals surface area contributed by atoms with Gasteiger partial charge in [0.05, 0.1) is 5.56 Å². The third-order valence-electron chi connectivity index (χ3n) is 5.15. The van der Waals surface area contributed by atoms with Crippen LogP contribution >= 0.6 is 0 Å². The summed E-state index contributed by atoms with van der Waals surface area (Å²) in [6, 6.07) is 6.34. The van der Waals surface area contributed by atoms with Crippen molar-refractivity contribution in [1.82, 2.24) is 9.80 Å². The quantitative estimate of drug-likeness (QED) is 0.805. The van der Waals surface area contributed by atoms with Crippen molar-refractivity contribution < 1.29 is 4.79 Å².